The zero-order valence-electron chi connectivity index (χ0n) is 35.8. The molecule has 298 valence electrons. The first-order valence-electron chi connectivity index (χ1n) is 22.5. The van der Waals surface area contributed by atoms with Crippen molar-refractivity contribution in [2.24, 2.45) is 0 Å². The largest absolute Gasteiger partial charge is 0.458 e. The summed E-state index contributed by atoms with van der Waals surface area (Å²) in [5.74, 6) is -0.0340. The Morgan fingerprint density at radius 2 is 0.765 bits per heavy atom. The molecule has 0 aliphatic rings. The third-order valence-corrected chi connectivity index (χ3v) is 10.4. The van der Waals surface area contributed by atoms with Crippen molar-refractivity contribution in [3.05, 3.63) is 46.6 Å². The zero-order chi connectivity index (χ0) is 37.6. The van der Waals surface area contributed by atoms with Crippen molar-refractivity contribution in [1.29, 1.82) is 0 Å². The molecule has 0 aromatic rings. The molecular weight excluding hydrogens is 621 g/mol. The zero-order valence-corrected chi connectivity index (χ0v) is 35.8. The molecule has 2 nitrogen and oxygen atoms in total. The van der Waals surface area contributed by atoms with Gasteiger partial charge in [0.2, 0.25) is 0 Å². The summed E-state index contributed by atoms with van der Waals surface area (Å²) in [6, 6.07) is 0. The fraction of sp³-hybridized carbons (Fsp3) is 0.816. The van der Waals surface area contributed by atoms with Crippen molar-refractivity contribution in [1.82, 2.24) is 0 Å². The summed E-state index contributed by atoms with van der Waals surface area (Å²) < 4.78 is 6.01. The van der Waals surface area contributed by atoms with Crippen LogP contribution in [0.3, 0.4) is 0 Å². The van der Waals surface area contributed by atoms with E-state index < -0.39 is 0 Å². The van der Waals surface area contributed by atoms with Crippen molar-refractivity contribution < 1.29 is 9.53 Å². The van der Waals surface area contributed by atoms with Gasteiger partial charge in [0, 0.05) is 12.8 Å². The lowest BCUT2D eigenvalue weighted by Gasteiger charge is -2.15. The van der Waals surface area contributed by atoms with Gasteiger partial charge in [0.05, 0.1) is 0 Å². The molecule has 0 spiro atoms. The number of hydrogen-bond donors (Lipinski definition) is 0. The average molecular weight is 711 g/mol. The van der Waals surface area contributed by atoms with E-state index in [0.29, 0.717) is 6.42 Å². The molecule has 0 saturated carbocycles. The standard InChI is InChI=1S/C49H90O2/c1-8-9-10-11-12-13-14-15-16-17-18-19-20-21-22-23-24-25-26-27-28-29-30-31-32-33-40-49(50)51-48(43-47(7)39-35-37-45(4)5)42-41-46(6)38-34-36-44(2)3/h36-37,41,43,48H,8-35,38-40,42H2,1-7H3/b46-41+,47-43+. The van der Waals surface area contributed by atoms with Crippen LogP contribution in [0.1, 0.15) is 254 Å². The average Bonchev–Trinajstić information content (AvgIpc) is 3.08. The number of esters is 1. The van der Waals surface area contributed by atoms with Gasteiger partial charge in [0.1, 0.15) is 6.10 Å². The molecule has 0 amide bonds. The Kier molecular flexibility index (Phi) is 37.0. The van der Waals surface area contributed by atoms with Crippen LogP contribution in [-0.4, -0.2) is 12.1 Å². The topological polar surface area (TPSA) is 26.3 Å². The predicted molar refractivity (Wildman–Crippen MR) is 230 cm³/mol. The van der Waals surface area contributed by atoms with E-state index in [9.17, 15) is 4.79 Å². The van der Waals surface area contributed by atoms with Crippen LogP contribution in [0.4, 0.5) is 0 Å². The molecular formula is C49H90O2. The fourth-order valence-corrected chi connectivity index (χ4v) is 6.96. The Morgan fingerprint density at radius 1 is 0.431 bits per heavy atom. The predicted octanol–water partition coefficient (Wildman–Crippen LogP) is 17.2. The molecule has 51 heavy (non-hydrogen) atoms. The van der Waals surface area contributed by atoms with Crippen molar-refractivity contribution in [2.45, 2.75) is 260 Å². The Hall–Kier alpha value is -1.57. The number of ether oxygens (including phenoxy) is 1. The number of carbonyl (C=O) groups excluding carboxylic acids is 1. The van der Waals surface area contributed by atoms with E-state index >= 15 is 0 Å². The van der Waals surface area contributed by atoms with E-state index in [1.165, 1.54) is 176 Å². The van der Waals surface area contributed by atoms with E-state index in [2.05, 4.69) is 72.8 Å². The first-order chi connectivity index (χ1) is 24.7. The minimum atomic E-state index is -0.160. The third-order valence-electron chi connectivity index (χ3n) is 10.4. The van der Waals surface area contributed by atoms with E-state index in [1.807, 2.05) is 0 Å². The minimum absolute atomic E-state index is 0.0340. The Labute approximate surface area is 321 Å². The van der Waals surface area contributed by atoms with Crippen LogP contribution in [0.25, 0.3) is 0 Å². The number of allylic oxidation sites excluding steroid dienone is 6. The summed E-state index contributed by atoms with van der Waals surface area (Å²) in [6.07, 6.45) is 50.7. The van der Waals surface area contributed by atoms with Crippen LogP contribution in [-0.2, 0) is 9.53 Å². The summed E-state index contributed by atoms with van der Waals surface area (Å²) in [6.45, 7) is 15.3. The molecule has 0 saturated heterocycles. The highest BCUT2D eigenvalue weighted by molar-refractivity contribution is 5.69. The van der Waals surface area contributed by atoms with Gasteiger partial charge < -0.3 is 4.74 Å². The first kappa shape index (κ1) is 49.4. The van der Waals surface area contributed by atoms with E-state index in [4.69, 9.17) is 4.74 Å². The van der Waals surface area contributed by atoms with Crippen LogP contribution < -0.4 is 0 Å². The number of unbranched alkanes of at least 4 members (excludes halogenated alkanes) is 25. The molecule has 0 aromatic carbocycles. The highest BCUT2D eigenvalue weighted by atomic mass is 16.5. The molecule has 1 unspecified atom stereocenters. The van der Waals surface area contributed by atoms with Gasteiger partial charge >= 0.3 is 5.97 Å². The van der Waals surface area contributed by atoms with Crippen molar-refractivity contribution in [2.75, 3.05) is 0 Å². The molecule has 0 fully saturated rings. The molecule has 0 aromatic heterocycles. The third kappa shape index (κ3) is 39.5. The van der Waals surface area contributed by atoms with Crippen molar-refractivity contribution in [3.63, 3.8) is 0 Å². The second-order valence-electron chi connectivity index (χ2n) is 16.6. The van der Waals surface area contributed by atoms with Crippen LogP contribution in [0, 0.1) is 0 Å². The Morgan fingerprint density at radius 3 is 1.12 bits per heavy atom. The molecule has 0 radical (unpaired) electrons. The summed E-state index contributed by atoms with van der Waals surface area (Å²) in [5, 5.41) is 0. The highest BCUT2D eigenvalue weighted by Gasteiger charge is 2.12. The quantitative estimate of drug-likeness (QED) is 0.0364. The van der Waals surface area contributed by atoms with Crippen LogP contribution in [0.5, 0.6) is 0 Å². The first-order valence-corrected chi connectivity index (χ1v) is 22.5. The highest BCUT2D eigenvalue weighted by Crippen LogP contribution is 2.18. The number of rotatable bonds is 37. The van der Waals surface area contributed by atoms with Crippen LogP contribution in [0.2, 0.25) is 0 Å². The lowest BCUT2D eigenvalue weighted by molar-refractivity contribution is -0.146. The maximum Gasteiger partial charge on any atom is 0.306 e. The van der Waals surface area contributed by atoms with Gasteiger partial charge in [-0.05, 0) is 79.7 Å². The number of carbonyl (C=O) groups is 1. The van der Waals surface area contributed by atoms with Crippen molar-refractivity contribution in [3.8, 4) is 0 Å². The molecule has 0 aliphatic carbocycles. The minimum Gasteiger partial charge on any atom is -0.458 e. The molecule has 2 heteroatoms. The van der Waals surface area contributed by atoms with Gasteiger partial charge in [0.15, 0.2) is 0 Å². The summed E-state index contributed by atoms with van der Waals surface area (Å²) >= 11 is 0. The van der Waals surface area contributed by atoms with E-state index in [-0.39, 0.29) is 12.1 Å². The maximum absolute atomic E-state index is 12.8. The monoisotopic (exact) mass is 711 g/mol. The molecule has 0 aliphatic heterocycles. The molecule has 0 bridgehead atoms. The summed E-state index contributed by atoms with van der Waals surface area (Å²) in [5.41, 5.74) is 5.41. The van der Waals surface area contributed by atoms with Crippen LogP contribution >= 0.6 is 0 Å². The number of hydrogen-bond acceptors (Lipinski definition) is 2. The van der Waals surface area contributed by atoms with Gasteiger partial charge in [-0.15, -0.1) is 0 Å². The molecule has 0 heterocycles. The van der Waals surface area contributed by atoms with Gasteiger partial charge in [-0.25, -0.2) is 0 Å². The lowest BCUT2D eigenvalue weighted by atomic mass is 10.0. The SMILES string of the molecule is CCCCCCCCCCCCCCCCCCCCCCCCCCCCC(=O)OC(/C=C(\C)CCC=C(C)C)C/C=C(\C)CCC=C(C)C. The Bertz CT molecular complexity index is 895. The van der Waals surface area contributed by atoms with Gasteiger partial charge in [-0.3, -0.25) is 4.79 Å². The van der Waals surface area contributed by atoms with Gasteiger partial charge in [0.25, 0.3) is 0 Å². The normalized spacial score (nSPS) is 12.6. The smallest absolute Gasteiger partial charge is 0.306 e. The Balaban J connectivity index is 3.84. The molecule has 0 N–H and O–H groups in total. The second kappa shape index (κ2) is 38.2. The van der Waals surface area contributed by atoms with Gasteiger partial charge in [-0.2, -0.15) is 0 Å². The maximum atomic E-state index is 12.8. The van der Waals surface area contributed by atoms with Gasteiger partial charge in [-0.1, -0.05) is 208 Å². The lowest BCUT2D eigenvalue weighted by Crippen LogP contribution is -2.16. The molecule has 1 atom stereocenters. The summed E-state index contributed by atoms with van der Waals surface area (Å²) in [4.78, 5) is 12.8. The second-order valence-corrected chi connectivity index (χ2v) is 16.6. The van der Waals surface area contributed by atoms with E-state index in [0.717, 1.165) is 44.9 Å². The molecule has 0 rings (SSSR count). The summed E-state index contributed by atoms with van der Waals surface area (Å²) in [7, 11) is 0. The van der Waals surface area contributed by atoms with Crippen molar-refractivity contribution >= 4 is 5.97 Å². The fourth-order valence-electron chi connectivity index (χ4n) is 6.96. The van der Waals surface area contributed by atoms with E-state index in [1.54, 1.807) is 0 Å². The van der Waals surface area contributed by atoms with Crippen LogP contribution in [0.15, 0.2) is 46.6 Å².